The molecule has 0 rings (SSSR count). The molecule has 0 heterocycles. The third-order valence-electron chi connectivity index (χ3n) is 1.93. The summed E-state index contributed by atoms with van der Waals surface area (Å²) in [5.41, 5.74) is 3.35. The molecule has 5 N–H and O–H groups in total. The minimum atomic E-state index is -4.11. The highest BCUT2D eigenvalue weighted by molar-refractivity contribution is 7.87. The van der Waals surface area contributed by atoms with Gasteiger partial charge in [0.1, 0.15) is 5.37 Å². The van der Waals surface area contributed by atoms with Gasteiger partial charge in [-0.2, -0.15) is 8.42 Å². The largest absolute Gasteiger partial charge is 0.393 e. The van der Waals surface area contributed by atoms with E-state index in [4.69, 9.17) is 21.1 Å². The Morgan fingerprint density at radius 1 is 1.27 bits per heavy atom. The molecule has 0 aromatic heterocycles. The molecule has 1 unspecified atom stereocenters. The highest BCUT2D eigenvalue weighted by Crippen LogP contribution is 2.16. The summed E-state index contributed by atoms with van der Waals surface area (Å²) in [5, 5.41) is 25.3. The molecule has 8 heteroatoms. The normalized spacial score (nSPS) is 15.3. The van der Waals surface area contributed by atoms with E-state index in [2.05, 4.69) is 4.18 Å². The second-order valence-corrected chi connectivity index (χ2v) is 4.94. The molecule has 0 amide bonds. The topological polar surface area (TPSA) is 130 Å². The number of aliphatic hydroxyl groups is 3. The van der Waals surface area contributed by atoms with Crippen LogP contribution in [-0.4, -0.2) is 54.5 Å². The van der Waals surface area contributed by atoms with Gasteiger partial charge in [-0.3, -0.25) is 4.18 Å². The standard InChI is InChI=1S/C7H17NO6S/c1-2-6(8)15(12,13)14-7(3-9,4-10)5-11/h6,9-11H,2-5,8H2,1H3. The molecule has 0 aliphatic heterocycles. The molecule has 7 nitrogen and oxygen atoms in total. The van der Waals surface area contributed by atoms with Gasteiger partial charge in [0.05, 0.1) is 19.8 Å². The zero-order valence-electron chi connectivity index (χ0n) is 8.46. The molecular formula is C7H17NO6S. The minimum absolute atomic E-state index is 0.126. The van der Waals surface area contributed by atoms with Crippen molar-refractivity contribution in [3.05, 3.63) is 0 Å². The molecule has 0 spiro atoms. The number of hydrogen-bond donors (Lipinski definition) is 4. The molecular weight excluding hydrogens is 226 g/mol. The van der Waals surface area contributed by atoms with Gasteiger partial charge < -0.3 is 21.1 Å². The van der Waals surface area contributed by atoms with Crippen molar-refractivity contribution < 1.29 is 27.9 Å². The van der Waals surface area contributed by atoms with E-state index in [9.17, 15) is 8.42 Å². The van der Waals surface area contributed by atoms with Crippen LogP contribution in [-0.2, 0) is 14.3 Å². The maximum Gasteiger partial charge on any atom is 0.284 e. The summed E-state index contributed by atoms with van der Waals surface area (Å²) >= 11 is 0. The van der Waals surface area contributed by atoms with Crippen LogP contribution in [0.25, 0.3) is 0 Å². The summed E-state index contributed by atoms with van der Waals surface area (Å²) in [4.78, 5) is 0. The molecule has 0 aromatic carbocycles. The second-order valence-electron chi connectivity index (χ2n) is 3.18. The third-order valence-corrected chi connectivity index (χ3v) is 3.59. The van der Waals surface area contributed by atoms with Crippen molar-refractivity contribution >= 4 is 10.1 Å². The average molecular weight is 243 g/mol. The summed E-state index contributed by atoms with van der Waals surface area (Å²) in [7, 11) is -4.11. The Kier molecular flexibility index (Phi) is 5.63. The Balaban J connectivity index is 4.82. The van der Waals surface area contributed by atoms with Gasteiger partial charge in [0.25, 0.3) is 10.1 Å². The van der Waals surface area contributed by atoms with Gasteiger partial charge in [0.15, 0.2) is 5.60 Å². The van der Waals surface area contributed by atoms with Crippen LogP contribution in [0.3, 0.4) is 0 Å². The first-order chi connectivity index (χ1) is 6.87. The quantitative estimate of drug-likeness (QED) is 0.371. The lowest BCUT2D eigenvalue weighted by Crippen LogP contribution is -2.49. The Morgan fingerprint density at radius 3 is 1.93 bits per heavy atom. The third kappa shape index (κ3) is 3.67. The lowest BCUT2D eigenvalue weighted by atomic mass is 10.1. The van der Waals surface area contributed by atoms with Crippen molar-refractivity contribution in [2.24, 2.45) is 5.73 Å². The highest BCUT2D eigenvalue weighted by Gasteiger charge is 2.37. The SMILES string of the molecule is CCC(N)S(=O)(=O)OC(CO)(CO)CO. The zero-order chi connectivity index (χ0) is 12.1. The smallest absolute Gasteiger partial charge is 0.284 e. The van der Waals surface area contributed by atoms with Gasteiger partial charge in [-0.25, -0.2) is 0 Å². The predicted octanol–water partition coefficient (Wildman–Crippen LogP) is -2.26. The molecule has 15 heavy (non-hydrogen) atoms. The van der Waals surface area contributed by atoms with Gasteiger partial charge in [-0.15, -0.1) is 0 Å². The summed E-state index contributed by atoms with van der Waals surface area (Å²) in [6, 6.07) is 0. The number of nitrogens with two attached hydrogens (primary N) is 1. The fourth-order valence-corrected chi connectivity index (χ4v) is 1.92. The van der Waals surface area contributed by atoms with Gasteiger partial charge in [0.2, 0.25) is 0 Å². The molecule has 92 valence electrons. The Morgan fingerprint density at radius 2 is 1.67 bits per heavy atom. The van der Waals surface area contributed by atoms with Crippen LogP contribution in [0.5, 0.6) is 0 Å². The summed E-state index contributed by atoms with van der Waals surface area (Å²) < 4.78 is 27.3. The van der Waals surface area contributed by atoms with E-state index < -0.39 is 40.9 Å². The van der Waals surface area contributed by atoms with Gasteiger partial charge in [-0.1, -0.05) is 6.92 Å². The van der Waals surface area contributed by atoms with Gasteiger partial charge in [-0.05, 0) is 6.42 Å². The Labute approximate surface area is 88.6 Å². The van der Waals surface area contributed by atoms with Crippen LogP contribution in [0.2, 0.25) is 0 Å². The fraction of sp³-hybridized carbons (Fsp3) is 1.00. The summed E-state index contributed by atoms with van der Waals surface area (Å²) in [6.45, 7) is -0.926. The molecule has 0 aliphatic carbocycles. The van der Waals surface area contributed by atoms with Gasteiger partial charge in [0, 0.05) is 0 Å². The van der Waals surface area contributed by atoms with Crippen molar-refractivity contribution in [2.45, 2.75) is 24.3 Å². The maximum absolute atomic E-state index is 11.4. The first kappa shape index (κ1) is 14.8. The van der Waals surface area contributed by atoms with E-state index in [-0.39, 0.29) is 6.42 Å². The van der Waals surface area contributed by atoms with Crippen LogP contribution in [0, 0.1) is 0 Å². The zero-order valence-corrected chi connectivity index (χ0v) is 9.27. The van der Waals surface area contributed by atoms with E-state index in [0.717, 1.165) is 0 Å². The summed E-state index contributed by atoms with van der Waals surface area (Å²) in [5.74, 6) is 0. The Bertz CT molecular complexity index is 265. The van der Waals surface area contributed by atoms with E-state index >= 15 is 0 Å². The fourth-order valence-electron chi connectivity index (χ4n) is 0.741. The highest BCUT2D eigenvalue weighted by atomic mass is 32.2. The Hall–Kier alpha value is -0.250. The molecule has 0 aliphatic rings. The van der Waals surface area contributed by atoms with E-state index in [1.54, 1.807) is 6.92 Å². The van der Waals surface area contributed by atoms with Crippen molar-refractivity contribution in [3.63, 3.8) is 0 Å². The van der Waals surface area contributed by atoms with E-state index in [1.165, 1.54) is 0 Å². The van der Waals surface area contributed by atoms with E-state index in [1.807, 2.05) is 0 Å². The number of aliphatic hydroxyl groups excluding tert-OH is 3. The van der Waals surface area contributed by atoms with Crippen molar-refractivity contribution in [1.29, 1.82) is 0 Å². The average Bonchev–Trinajstić information content (AvgIpc) is 2.24. The van der Waals surface area contributed by atoms with Crippen molar-refractivity contribution in [3.8, 4) is 0 Å². The lowest BCUT2D eigenvalue weighted by Gasteiger charge is -2.27. The van der Waals surface area contributed by atoms with Crippen molar-refractivity contribution in [2.75, 3.05) is 19.8 Å². The van der Waals surface area contributed by atoms with Crippen LogP contribution in [0.4, 0.5) is 0 Å². The molecule has 0 aromatic rings. The lowest BCUT2D eigenvalue weighted by molar-refractivity contribution is -0.0645. The number of rotatable bonds is 7. The predicted molar refractivity (Wildman–Crippen MR) is 52.3 cm³/mol. The number of hydrogen-bond acceptors (Lipinski definition) is 7. The molecule has 0 saturated heterocycles. The molecule has 0 radical (unpaired) electrons. The first-order valence-electron chi connectivity index (χ1n) is 4.40. The monoisotopic (exact) mass is 243 g/mol. The van der Waals surface area contributed by atoms with Crippen LogP contribution >= 0.6 is 0 Å². The molecule has 0 bridgehead atoms. The van der Waals surface area contributed by atoms with Crippen LogP contribution in [0.1, 0.15) is 13.3 Å². The summed E-state index contributed by atoms with van der Waals surface area (Å²) in [6.07, 6.45) is 0.126. The first-order valence-corrected chi connectivity index (χ1v) is 5.87. The molecule has 0 saturated carbocycles. The van der Waals surface area contributed by atoms with Gasteiger partial charge >= 0.3 is 0 Å². The molecule has 1 atom stereocenters. The second kappa shape index (κ2) is 5.73. The van der Waals surface area contributed by atoms with Crippen LogP contribution < -0.4 is 5.73 Å². The van der Waals surface area contributed by atoms with Crippen molar-refractivity contribution in [1.82, 2.24) is 0 Å². The maximum atomic E-state index is 11.4. The minimum Gasteiger partial charge on any atom is -0.393 e. The molecule has 0 fully saturated rings. The van der Waals surface area contributed by atoms with E-state index in [0.29, 0.717) is 0 Å². The van der Waals surface area contributed by atoms with Crippen LogP contribution in [0.15, 0.2) is 0 Å².